The first-order valence-corrected chi connectivity index (χ1v) is 15.3. The van der Waals surface area contributed by atoms with Gasteiger partial charge in [0.2, 0.25) is 0 Å². The Kier molecular flexibility index (Phi) is 7.58. The van der Waals surface area contributed by atoms with Crippen LogP contribution in [0.4, 0.5) is 11.4 Å². The maximum absolute atomic E-state index is 13.4. The SMILES string of the molecule is C/C(=N\NC(=O)CN(c1cccnc1)S(=O)(=O)c1ccccc1)c1ccc2c(c1)C1C=CCC1[C@H](c1ccccc1)N2. The predicted octanol–water partition coefficient (Wildman–Crippen LogP) is 5.64. The smallest absolute Gasteiger partial charge is 0.264 e. The highest BCUT2D eigenvalue weighted by Gasteiger charge is 2.38. The summed E-state index contributed by atoms with van der Waals surface area (Å²) >= 11 is 0. The van der Waals surface area contributed by atoms with E-state index in [9.17, 15) is 13.2 Å². The third kappa shape index (κ3) is 5.43. The Hall–Kier alpha value is -4.76. The topological polar surface area (TPSA) is 104 Å². The van der Waals surface area contributed by atoms with Gasteiger partial charge in [0.1, 0.15) is 6.54 Å². The van der Waals surface area contributed by atoms with E-state index in [1.54, 1.807) is 36.5 Å². The number of fused-ring (bicyclic) bond motifs is 3. The molecule has 0 fully saturated rings. The molecule has 1 aliphatic heterocycles. The zero-order valence-electron chi connectivity index (χ0n) is 23.1. The van der Waals surface area contributed by atoms with Gasteiger partial charge in [-0.2, -0.15) is 5.10 Å². The molecule has 3 atom stereocenters. The quantitative estimate of drug-likeness (QED) is 0.160. The second-order valence-electron chi connectivity index (χ2n) is 10.5. The minimum absolute atomic E-state index is 0.0813. The summed E-state index contributed by atoms with van der Waals surface area (Å²) in [6, 6.07) is 28.2. The lowest BCUT2D eigenvalue weighted by Crippen LogP contribution is -2.39. The van der Waals surface area contributed by atoms with Crippen LogP contribution in [0.25, 0.3) is 0 Å². The van der Waals surface area contributed by atoms with Gasteiger partial charge in [-0.05, 0) is 72.4 Å². The second kappa shape index (κ2) is 11.6. The van der Waals surface area contributed by atoms with Crippen molar-refractivity contribution in [2.24, 2.45) is 11.0 Å². The van der Waals surface area contributed by atoms with Crippen LogP contribution >= 0.6 is 0 Å². The number of pyridine rings is 1. The van der Waals surface area contributed by atoms with Gasteiger partial charge in [0, 0.05) is 17.8 Å². The molecule has 0 radical (unpaired) electrons. The van der Waals surface area contributed by atoms with Crippen molar-refractivity contribution in [3.05, 3.63) is 132 Å². The van der Waals surface area contributed by atoms with Crippen LogP contribution < -0.4 is 15.0 Å². The zero-order chi connectivity index (χ0) is 29.1. The third-order valence-corrected chi connectivity index (χ3v) is 9.63. The number of hydrogen-bond acceptors (Lipinski definition) is 6. The molecule has 0 saturated heterocycles. The number of sulfonamides is 1. The van der Waals surface area contributed by atoms with Crippen molar-refractivity contribution in [2.45, 2.75) is 30.2 Å². The Balaban J connectivity index is 1.21. The molecule has 2 heterocycles. The molecule has 0 spiro atoms. The molecular weight excluding hydrogens is 546 g/mol. The van der Waals surface area contributed by atoms with Crippen LogP contribution in [-0.2, 0) is 14.8 Å². The number of carbonyl (C=O) groups is 1. The predicted molar refractivity (Wildman–Crippen MR) is 165 cm³/mol. The Morgan fingerprint density at radius 3 is 2.52 bits per heavy atom. The molecule has 3 aromatic carbocycles. The van der Waals surface area contributed by atoms with Crippen LogP contribution in [-0.4, -0.2) is 31.6 Å². The minimum Gasteiger partial charge on any atom is -0.378 e. The molecule has 2 unspecified atom stereocenters. The van der Waals surface area contributed by atoms with Crippen LogP contribution in [0.15, 0.2) is 126 Å². The van der Waals surface area contributed by atoms with Crippen molar-refractivity contribution in [1.29, 1.82) is 0 Å². The summed E-state index contributed by atoms with van der Waals surface area (Å²) in [5.74, 6) is 0.129. The Bertz CT molecular complexity index is 1740. The van der Waals surface area contributed by atoms with Gasteiger partial charge in [0.25, 0.3) is 15.9 Å². The van der Waals surface area contributed by atoms with Gasteiger partial charge in [-0.15, -0.1) is 0 Å². The van der Waals surface area contributed by atoms with Crippen molar-refractivity contribution in [3.63, 3.8) is 0 Å². The van der Waals surface area contributed by atoms with Gasteiger partial charge in [-0.3, -0.25) is 14.1 Å². The molecule has 2 aliphatic rings. The van der Waals surface area contributed by atoms with Gasteiger partial charge in [0.15, 0.2) is 0 Å². The fourth-order valence-electron chi connectivity index (χ4n) is 5.72. The maximum atomic E-state index is 13.4. The molecule has 9 heteroatoms. The van der Waals surface area contributed by atoms with Crippen LogP contribution in [0.2, 0.25) is 0 Å². The molecule has 8 nitrogen and oxygen atoms in total. The average Bonchev–Trinajstić information content (AvgIpc) is 3.54. The van der Waals surface area contributed by atoms with Crippen molar-refractivity contribution >= 4 is 33.0 Å². The van der Waals surface area contributed by atoms with E-state index < -0.39 is 22.5 Å². The van der Waals surface area contributed by atoms with Crippen molar-refractivity contribution in [1.82, 2.24) is 10.4 Å². The Morgan fingerprint density at radius 2 is 1.79 bits per heavy atom. The average molecular weight is 578 g/mol. The van der Waals surface area contributed by atoms with Crippen molar-refractivity contribution in [3.8, 4) is 0 Å². The molecule has 1 amide bonds. The standard InChI is InChI=1S/C33H31N5O3S/c1-23(25-17-18-31-30(20-25)28-15-8-16-29(28)33(35-31)24-10-4-2-5-11-24)36-37-32(39)22-38(26-12-9-19-34-21-26)42(40,41)27-13-6-3-7-14-27/h2-15,17-21,28-29,33,35H,16,22H2,1H3,(H,37,39)/b36-23+/t28?,29?,33-/m0/s1. The molecule has 2 N–H and O–H groups in total. The molecule has 1 aliphatic carbocycles. The number of carbonyl (C=O) groups excluding carboxylic acids is 1. The summed E-state index contributed by atoms with van der Waals surface area (Å²) in [7, 11) is -4.01. The number of nitrogens with one attached hydrogen (secondary N) is 2. The molecule has 4 aromatic rings. The van der Waals surface area contributed by atoms with Gasteiger partial charge in [-0.25, -0.2) is 13.8 Å². The monoisotopic (exact) mass is 577 g/mol. The lowest BCUT2D eigenvalue weighted by molar-refractivity contribution is -0.119. The summed E-state index contributed by atoms with van der Waals surface area (Å²) in [6.07, 6.45) is 8.51. The third-order valence-electron chi connectivity index (χ3n) is 7.84. The molecule has 0 bridgehead atoms. The number of allylic oxidation sites excluding steroid dienone is 2. The normalized spacial score (nSPS) is 19.4. The zero-order valence-corrected chi connectivity index (χ0v) is 23.9. The number of nitrogens with zero attached hydrogens (tertiary/aromatic N) is 3. The van der Waals surface area contributed by atoms with E-state index in [1.165, 1.54) is 29.5 Å². The number of amides is 1. The van der Waals surface area contributed by atoms with Crippen molar-refractivity contribution in [2.75, 3.05) is 16.2 Å². The molecule has 212 valence electrons. The Labute approximate surface area is 245 Å². The first kappa shape index (κ1) is 27.4. The lowest BCUT2D eigenvalue weighted by atomic mass is 9.76. The number of rotatable bonds is 8. The first-order chi connectivity index (χ1) is 20.4. The van der Waals surface area contributed by atoms with Gasteiger partial charge in [0.05, 0.1) is 28.5 Å². The second-order valence-corrected chi connectivity index (χ2v) is 12.3. The summed E-state index contributed by atoms with van der Waals surface area (Å²) in [4.78, 5) is 17.1. The summed E-state index contributed by atoms with van der Waals surface area (Å²) < 4.78 is 27.9. The number of hydrogen-bond donors (Lipinski definition) is 2. The number of benzene rings is 3. The molecule has 42 heavy (non-hydrogen) atoms. The minimum atomic E-state index is -4.01. The van der Waals surface area contributed by atoms with E-state index >= 15 is 0 Å². The van der Waals surface area contributed by atoms with E-state index in [1.807, 2.05) is 19.1 Å². The fourth-order valence-corrected chi connectivity index (χ4v) is 7.15. The molecule has 1 aromatic heterocycles. The van der Waals surface area contributed by atoms with Crippen molar-refractivity contribution < 1.29 is 13.2 Å². The highest BCUT2D eigenvalue weighted by Crippen LogP contribution is 2.49. The lowest BCUT2D eigenvalue weighted by Gasteiger charge is -2.37. The molecular formula is C33H31N5O3S. The van der Waals surface area contributed by atoms with E-state index in [0.717, 1.165) is 22.0 Å². The van der Waals surface area contributed by atoms with E-state index in [-0.39, 0.29) is 22.5 Å². The molecule has 6 rings (SSSR count). The van der Waals surface area contributed by atoms with E-state index in [2.05, 4.69) is 69.4 Å². The maximum Gasteiger partial charge on any atom is 0.264 e. The van der Waals surface area contributed by atoms with E-state index in [4.69, 9.17) is 0 Å². The van der Waals surface area contributed by atoms with Crippen LogP contribution in [0.3, 0.4) is 0 Å². The number of hydrazone groups is 1. The highest BCUT2D eigenvalue weighted by molar-refractivity contribution is 7.92. The summed E-state index contributed by atoms with van der Waals surface area (Å²) in [5.41, 5.74) is 7.92. The largest absolute Gasteiger partial charge is 0.378 e. The van der Waals surface area contributed by atoms with Gasteiger partial charge < -0.3 is 5.32 Å². The van der Waals surface area contributed by atoms with Crippen LogP contribution in [0.1, 0.15) is 42.0 Å². The van der Waals surface area contributed by atoms with Gasteiger partial charge >= 0.3 is 0 Å². The Morgan fingerprint density at radius 1 is 1.02 bits per heavy atom. The number of anilines is 2. The highest BCUT2D eigenvalue weighted by atomic mass is 32.2. The van der Waals surface area contributed by atoms with Crippen LogP contribution in [0.5, 0.6) is 0 Å². The summed E-state index contributed by atoms with van der Waals surface area (Å²) in [6.45, 7) is 1.37. The summed E-state index contributed by atoms with van der Waals surface area (Å²) in [5, 5.41) is 8.08. The van der Waals surface area contributed by atoms with Gasteiger partial charge in [-0.1, -0.05) is 66.7 Å². The molecule has 0 saturated carbocycles. The first-order valence-electron chi connectivity index (χ1n) is 13.9. The fraction of sp³-hybridized carbons (Fsp3) is 0.182. The van der Waals surface area contributed by atoms with Crippen LogP contribution in [0, 0.1) is 5.92 Å². The van der Waals surface area contributed by atoms with E-state index in [0.29, 0.717) is 11.6 Å². The number of aromatic nitrogens is 1.